The fourth-order valence-electron chi connectivity index (χ4n) is 2.52. The van der Waals surface area contributed by atoms with Crippen LogP contribution in [0.4, 0.5) is 5.82 Å². The van der Waals surface area contributed by atoms with Gasteiger partial charge in [-0.15, -0.1) is 0 Å². The summed E-state index contributed by atoms with van der Waals surface area (Å²) in [7, 11) is -3.88. The Hall–Kier alpha value is -3.13. The number of carbonyl (C=O) groups is 1. The van der Waals surface area contributed by atoms with Gasteiger partial charge in [0.15, 0.2) is 5.82 Å². The number of rotatable bonds is 6. The Morgan fingerprint density at radius 1 is 1.07 bits per heavy atom. The van der Waals surface area contributed by atoms with E-state index in [0.29, 0.717) is 12.3 Å². The lowest BCUT2D eigenvalue weighted by Crippen LogP contribution is -2.23. The molecule has 2 N–H and O–H groups in total. The van der Waals surface area contributed by atoms with Crippen LogP contribution in [-0.4, -0.2) is 19.5 Å². The van der Waals surface area contributed by atoms with Gasteiger partial charge in [0.25, 0.3) is 15.9 Å². The summed E-state index contributed by atoms with van der Waals surface area (Å²) in [6.07, 6.45) is 0. The molecule has 1 aromatic heterocycles. The summed E-state index contributed by atoms with van der Waals surface area (Å²) >= 11 is 0. The molecule has 0 unspecified atom stereocenters. The number of amides is 1. The number of hydrogen-bond acceptors (Lipinski definition) is 5. The van der Waals surface area contributed by atoms with E-state index in [9.17, 15) is 13.2 Å². The highest BCUT2D eigenvalue weighted by atomic mass is 32.2. The second-order valence-corrected chi connectivity index (χ2v) is 7.81. The van der Waals surface area contributed by atoms with E-state index in [1.807, 2.05) is 31.2 Å². The lowest BCUT2D eigenvalue weighted by atomic mass is 10.1. The Labute approximate surface area is 157 Å². The van der Waals surface area contributed by atoms with Gasteiger partial charge in [0, 0.05) is 18.2 Å². The summed E-state index contributed by atoms with van der Waals surface area (Å²) in [5, 5.41) is 6.40. The van der Waals surface area contributed by atoms with Crippen molar-refractivity contribution in [3.63, 3.8) is 0 Å². The number of aryl methyl sites for hydroxylation is 2. The lowest BCUT2D eigenvalue weighted by Gasteiger charge is -2.09. The Balaban J connectivity index is 1.73. The molecule has 1 amide bonds. The van der Waals surface area contributed by atoms with Crippen LogP contribution in [0.15, 0.2) is 64.0 Å². The molecule has 27 heavy (non-hydrogen) atoms. The minimum atomic E-state index is -3.88. The number of sulfonamides is 1. The van der Waals surface area contributed by atoms with Gasteiger partial charge in [0.05, 0.1) is 4.90 Å². The number of hydrogen-bond donors (Lipinski definition) is 2. The number of anilines is 1. The second-order valence-electron chi connectivity index (χ2n) is 6.13. The van der Waals surface area contributed by atoms with Crippen molar-refractivity contribution in [1.82, 2.24) is 10.5 Å². The smallest absolute Gasteiger partial charge is 0.263 e. The van der Waals surface area contributed by atoms with Crippen LogP contribution >= 0.6 is 0 Å². The number of carbonyl (C=O) groups excluding carboxylic acids is 1. The van der Waals surface area contributed by atoms with Gasteiger partial charge in [-0.1, -0.05) is 41.1 Å². The maximum absolute atomic E-state index is 12.5. The molecule has 140 valence electrons. The first-order valence-electron chi connectivity index (χ1n) is 8.23. The highest BCUT2D eigenvalue weighted by Gasteiger charge is 2.18. The van der Waals surface area contributed by atoms with Crippen molar-refractivity contribution in [3.8, 4) is 0 Å². The van der Waals surface area contributed by atoms with E-state index in [1.165, 1.54) is 24.3 Å². The largest absolute Gasteiger partial charge is 0.360 e. The van der Waals surface area contributed by atoms with Crippen LogP contribution in [0, 0.1) is 13.8 Å². The first-order chi connectivity index (χ1) is 12.8. The molecule has 0 saturated carbocycles. The van der Waals surface area contributed by atoms with Crippen LogP contribution in [0.25, 0.3) is 0 Å². The van der Waals surface area contributed by atoms with Crippen molar-refractivity contribution in [3.05, 3.63) is 77.0 Å². The molecule has 0 aliphatic rings. The number of aromatic nitrogens is 1. The molecule has 0 bridgehead atoms. The predicted octanol–water partition coefficient (Wildman–Crippen LogP) is 3.02. The molecule has 0 radical (unpaired) electrons. The maximum atomic E-state index is 12.5. The molecule has 8 heteroatoms. The first kappa shape index (κ1) is 18.7. The zero-order valence-corrected chi connectivity index (χ0v) is 15.7. The molecule has 0 spiro atoms. The summed E-state index contributed by atoms with van der Waals surface area (Å²) in [5.74, 6) is 0.213. The molecule has 7 nitrogen and oxygen atoms in total. The number of nitrogens with one attached hydrogen (secondary N) is 2. The summed E-state index contributed by atoms with van der Waals surface area (Å²) in [6, 6.07) is 15.1. The van der Waals surface area contributed by atoms with Crippen LogP contribution in [0.2, 0.25) is 0 Å². The Morgan fingerprint density at radius 3 is 2.56 bits per heavy atom. The first-order valence-corrected chi connectivity index (χ1v) is 9.72. The predicted molar refractivity (Wildman–Crippen MR) is 101 cm³/mol. The molecular formula is C19H19N3O4S. The topological polar surface area (TPSA) is 101 Å². The third-order valence-corrected chi connectivity index (χ3v) is 5.16. The van der Waals surface area contributed by atoms with E-state index in [-0.39, 0.29) is 22.2 Å². The van der Waals surface area contributed by atoms with E-state index in [2.05, 4.69) is 15.2 Å². The third-order valence-electron chi connectivity index (χ3n) is 3.81. The minimum absolute atomic E-state index is 0.0358. The van der Waals surface area contributed by atoms with Crippen molar-refractivity contribution in [2.24, 2.45) is 0 Å². The molecule has 3 aromatic rings. The van der Waals surface area contributed by atoms with Crippen LogP contribution in [0.1, 0.15) is 27.2 Å². The van der Waals surface area contributed by atoms with Gasteiger partial charge in [-0.3, -0.25) is 9.52 Å². The molecule has 0 aliphatic heterocycles. The normalized spacial score (nSPS) is 11.2. The van der Waals surface area contributed by atoms with Gasteiger partial charge in [-0.25, -0.2) is 8.42 Å². The standard InChI is InChI=1S/C19H19N3O4S/c1-13-5-3-6-15(9-13)12-20-19(23)16-7-4-8-17(11-16)27(24,25)22-18-10-14(2)26-21-18/h3-11H,12H2,1-2H3,(H,20,23)(H,21,22). The van der Waals surface area contributed by atoms with Crippen LogP contribution < -0.4 is 10.0 Å². The Bertz CT molecular complexity index is 1070. The molecule has 0 saturated heterocycles. The van der Waals surface area contributed by atoms with Crippen molar-refractivity contribution in [1.29, 1.82) is 0 Å². The highest BCUT2D eigenvalue weighted by Crippen LogP contribution is 2.17. The maximum Gasteiger partial charge on any atom is 0.263 e. The summed E-state index contributed by atoms with van der Waals surface area (Å²) in [6.45, 7) is 3.99. The van der Waals surface area contributed by atoms with Crippen LogP contribution in [-0.2, 0) is 16.6 Å². The van der Waals surface area contributed by atoms with Gasteiger partial charge in [-0.05, 0) is 37.6 Å². The molecule has 1 heterocycles. The fourth-order valence-corrected chi connectivity index (χ4v) is 3.55. The summed E-state index contributed by atoms with van der Waals surface area (Å²) in [5.41, 5.74) is 2.32. The van der Waals surface area contributed by atoms with Crippen molar-refractivity contribution >= 4 is 21.7 Å². The van der Waals surface area contributed by atoms with Crippen molar-refractivity contribution < 1.29 is 17.7 Å². The highest BCUT2D eigenvalue weighted by molar-refractivity contribution is 7.92. The second kappa shape index (κ2) is 7.63. The van der Waals surface area contributed by atoms with E-state index < -0.39 is 10.0 Å². The lowest BCUT2D eigenvalue weighted by molar-refractivity contribution is 0.0950. The van der Waals surface area contributed by atoms with Gasteiger partial charge >= 0.3 is 0 Å². The average molecular weight is 385 g/mol. The molecule has 0 aliphatic carbocycles. The third kappa shape index (κ3) is 4.73. The van der Waals surface area contributed by atoms with Gasteiger partial charge in [0.1, 0.15) is 5.76 Å². The number of benzene rings is 2. The minimum Gasteiger partial charge on any atom is -0.360 e. The summed E-state index contributed by atoms with van der Waals surface area (Å²) < 4.78 is 32.1. The van der Waals surface area contributed by atoms with Gasteiger partial charge in [0.2, 0.25) is 0 Å². The molecule has 2 aromatic carbocycles. The van der Waals surface area contributed by atoms with Crippen molar-refractivity contribution in [2.75, 3.05) is 4.72 Å². The molecule has 3 rings (SSSR count). The molecular weight excluding hydrogens is 366 g/mol. The van der Waals surface area contributed by atoms with E-state index in [0.717, 1.165) is 11.1 Å². The Kier molecular flexibility index (Phi) is 5.27. The summed E-state index contributed by atoms with van der Waals surface area (Å²) in [4.78, 5) is 12.4. The average Bonchev–Trinajstić information content (AvgIpc) is 3.04. The molecule has 0 atom stereocenters. The molecule has 0 fully saturated rings. The zero-order chi connectivity index (χ0) is 19.4. The monoisotopic (exact) mass is 385 g/mol. The van der Waals surface area contributed by atoms with E-state index in [4.69, 9.17) is 4.52 Å². The Morgan fingerprint density at radius 2 is 1.85 bits per heavy atom. The van der Waals surface area contributed by atoms with E-state index >= 15 is 0 Å². The van der Waals surface area contributed by atoms with Crippen LogP contribution in [0.3, 0.4) is 0 Å². The van der Waals surface area contributed by atoms with Crippen molar-refractivity contribution in [2.45, 2.75) is 25.3 Å². The van der Waals surface area contributed by atoms with Gasteiger partial charge in [-0.2, -0.15) is 0 Å². The number of nitrogens with zero attached hydrogens (tertiary/aromatic N) is 1. The zero-order valence-electron chi connectivity index (χ0n) is 14.9. The van der Waals surface area contributed by atoms with E-state index in [1.54, 1.807) is 13.0 Å². The SMILES string of the molecule is Cc1cccc(CNC(=O)c2cccc(S(=O)(=O)Nc3cc(C)on3)c2)c1. The quantitative estimate of drug-likeness (QED) is 0.679. The van der Waals surface area contributed by atoms with Crippen LogP contribution in [0.5, 0.6) is 0 Å². The van der Waals surface area contributed by atoms with Gasteiger partial charge < -0.3 is 9.84 Å². The fraction of sp³-hybridized carbons (Fsp3) is 0.158.